The summed E-state index contributed by atoms with van der Waals surface area (Å²) >= 11 is 3.03. The van der Waals surface area contributed by atoms with E-state index in [1.807, 2.05) is 22.9 Å². The minimum Gasteiger partial charge on any atom is -0.324 e. The molecule has 1 amide bonds. The van der Waals surface area contributed by atoms with Gasteiger partial charge in [0.2, 0.25) is 5.91 Å². The molecule has 176 valence electrons. The van der Waals surface area contributed by atoms with Gasteiger partial charge in [-0.15, -0.1) is 22.7 Å². The number of nitrogens with one attached hydrogen (secondary N) is 1. The minimum atomic E-state index is -0.425. The molecule has 0 unspecified atom stereocenters. The van der Waals surface area contributed by atoms with E-state index in [1.54, 1.807) is 24.3 Å². The van der Waals surface area contributed by atoms with Gasteiger partial charge in [0.05, 0.1) is 11.9 Å². The Hall–Kier alpha value is -2.88. The number of aromatic nitrogens is 2. The Morgan fingerprint density at radius 3 is 2.76 bits per heavy atom. The molecule has 0 spiro atoms. The number of carbonyl (C=O) groups is 1. The molecule has 0 bridgehead atoms. The molecule has 1 N–H and O–H groups in total. The standard InChI is InChI=1S/C25H25FN4O2S2/c1-16-7-8-17(26)12-19(16)27-22(31)14-30-21(13-29-9-3-2-4-10-29)28-24-23(25(30)32)18(15-34-24)20-6-5-11-33-20/h5-8,11-12,15H,2-4,9-10,13-14H2,1H3,(H,27,31). The maximum Gasteiger partial charge on any atom is 0.263 e. The van der Waals surface area contributed by atoms with E-state index in [9.17, 15) is 14.0 Å². The highest BCUT2D eigenvalue weighted by Crippen LogP contribution is 2.34. The molecule has 3 aromatic heterocycles. The van der Waals surface area contributed by atoms with Crippen LogP contribution in [0.1, 0.15) is 30.7 Å². The summed E-state index contributed by atoms with van der Waals surface area (Å²) in [5, 5.41) is 7.26. The van der Waals surface area contributed by atoms with Crippen LogP contribution in [0.25, 0.3) is 20.7 Å². The van der Waals surface area contributed by atoms with Gasteiger partial charge < -0.3 is 5.32 Å². The van der Waals surface area contributed by atoms with Crippen LogP contribution in [0.4, 0.5) is 10.1 Å². The molecule has 1 fully saturated rings. The molecule has 9 heteroatoms. The molecular formula is C25H25FN4O2S2. The number of piperidine rings is 1. The Labute approximate surface area is 204 Å². The average molecular weight is 497 g/mol. The Kier molecular flexibility index (Phi) is 6.58. The zero-order valence-corrected chi connectivity index (χ0v) is 20.5. The highest BCUT2D eigenvalue weighted by atomic mass is 32.1. The van der Waals surface area contributed by atoms with Crippen molar-refractivity contribution in [1.29, 1.82) is 0 Å². The maximum atomic E-state index is 13.8. The molecular weight excluding hydrogens is 471 g/mol. The molecule has 1 saturated heterocycles. The lowest BCUT2D eigenvalue weighted by Gasteiger charge is -2.27. The third kappa shape index (κ3) is 4.68. The number of nitrogens with zero attached hydrogens (tertiary/aromatic N) is 3. The number of benzene rings is 1. The van der Waals surface area contributed by atoms with Gasteiger partial charge in [0.1, 0.15) is 23.0 Å². The molecule has 34 heavy (non-hydrogen) atoms. The molecule has 0 radical (unpaired) electrons. The van der Waals surface area contributed by atoms with E-state index >= 15 is 0 Å². The van der Waals surface area contributed by atoms with Crippen molar-refractivity contribution in [3.8, 4) is 10.4 Å². The van der Waals surface area contributed by atoms with Crippen molar-refractivity contribution in [2.24, 2.45) is 0 Å². The van der Waals surface area contributed by atoms with Gasteiger partial charge in [-0.05, 0) is 62.0 Å². The van der Waals surface area contributed by atoms with Crippen LogP contribution < -0.4 is 10.9 Å². The van der Waals surface area contributed by atoms with E-state index in [0.29, 0.717) is 28.3 Å². The van der Waals surface area contributed by atoms with Gasteiger partial charge in [-0.2, -0.15) is 0 Å². The third-order valence-electron chi connectivity index (χ3n) is 6.15. The molecule has 6 nitrogen and oxygen atoms in total. The van der Waals surface area contributed by atoms with Gasteiger partial charge in [-0.3, -0.25) is 19.1 Å². The van der Waals surface area contributed by atoms with Crippen LogP contribution in [-0.2, 0) is 17.9 Å². The smallest absolute Gasteiger partial charge is 0.263 e. The predicted octanol–water partition coefficient (Wildman–Crippen LogP) is 5.26. The molecule has 0 aliphatic carbocycles. The SMILES string of the molecule is Cc1ccc(F)cc1NC(=O)Cn1c(CN2CCCCC2)nc2scc(-c3cccs3)c2c1=O. The molecule has 0 atom stereocenters. The number of halogens is 1. The Balaban J connectivity index is 1.54. The van der Waals surface area contributed by atoms with E-state index in [0.717, 1.165) is 41.9 Å². The van der Waals surface area contributed by atoms with Crippen LogP contribution in [0.5, 0.6) is 0 Å². The predicted molar refractivity (Wildman–Crippen MR) is 136 cm³/mol. The van der Waals surface area contributed by atoms with Crippen LogP contribution in [0.3, 0.4) is 0 Å². The number of hydrogen-bond donors (Lipinski definition) is 1. The van der Waals surface area contributed by atoms with E-state index in [1.165, 1.54) is 34.5 Å². The summed E-state index contributed by atoms with van der Waals surface area (Å²) in [6, 6.07) is 8.20. The zero-order valence-electron chi connectivity index (χ0n) is 18.8. The fourth-order valence-electron chi connectivity index (χ4n) is 4.34. The van der Waals surface area contributed by atoms with Gasteiger partial charge in [0.15, 0.2) is 0 Å². The Morgan fingerprint density at radius 1 is 1.18 bits per heavy atom. The van der Waals surface area contributed by atoms with Crippen LogP contribution in [-0.4, -0.2) is 33.4 Å². The van der Waals surface area contributed by atoms with Crippen molar-refractivity contribution in [2.45, 2.75) is 39.3 Å². The second-order valence-corrected chi connectivity index (χ2v) is 10.4. The van der Waals surface area contributed by atoms with Crippen molar-refractivity contribution < 1.29 is 9.18 Å². The van der Waals surface area contributed by atoms with Crippen LogP contribution in [0.2, 0.25) is 0 Å². The number of aryl methyl sites for hydroxylation is 1. The number of rotatable bonds is 6. The second kappa shape index (κ2) is 9.77. The number of hydrogen-bond acceptors (Lipinski definition) is 6. The number of likely N-dealkylation sites (tertiary alicyclic amines) is 1. The fraction of sp³-hybridized carbons (Fsp3) is 0.320. The summed E-state index contributed by atoms with van der Waals surface area (Å²) in [5.41, 5.74) is 1.79. The van der Waals surface area contributed by atoms with Crippen molar-refractivity contribution in [1.82, 2.24) is 14.5 Å². The molecule has 1 aromatic carbocycles. The number of amides is 1. The Bertz CT molecular complexity index is 1390. The lowest BCUT2D eigenvalue weighted by Crippen LogP contribution is -2.36. The fourth-order valence-corrected chi connectivity index (χ4v) is 6.11. The average Bonchev–Trinajstić information content (AvgIpc) is 3.49. The summed E-state index contributed by atoms with van der Waals surface area (Å²) in [5.74, 6) is -0.222. The van der Waals surface area contributed by atoms with Gasteiger partial charge in [-0.25, -0.2) is 9.37 Å². The molecule has 0 saturated carbocycles. The summed E-state index contributed by atoms with van der Waals surface area (Å²) in [7, 11) is 0. The van der Waals surface area contributed by atoms with Crippen molar-refractivity contribution in [2.75, 3.05) is 18.4 Å². The first kappa shape index (κ1) is 22.9. The maximum absolute atomic E-state index is 13.8. The minimum absolute atomic E-state index is 0.180. The van der Waals surface area contributed by atoms with E-state index < -0.39 is 5.82 Å². The number of anilines is 1. The summed E-state index contributed by atoms with van der Waals surface area (Å²) in [4.78, 5) is 35.6. The van der Waals surface area contributed by atoms with Gasteiger partial charge >= 0.3 is 0 Å². The highest BCUT2D eigenvalue weighted by molar-refractivity contribution is 7.18. The van der Waals surface area contributed by atoms with Crippen LogP contribution >= 0.6 is 22.7 Å². The topological polar surface area (TPSA) is 67.2 Å². The number of carbonyl (C=O) groups excluding carboxylic acids is 1. The molecule has 1 aliphatic heterocycles. The number of fused-ring (bicyclic) bond motifs is 1. The van der Waals surface area contributed by atoms with E-state index in [2.05, 4.69) is 10.2 Å². The number of thiophene rings is 2. The first-order valence-corrected chi connectivity index (χ1v) is 13.1. The molecule has 1 aliphatic rings. The molecule has 5 rings (SSSR count). The highest BCUT2D eigenvalue weighted by Gasteiger charge is 2.21. The monoisotopic (exact) mass is 496 g/mol. The zero-order chi connectivity index (χ0) is 23.7. The van der Waals surface area contributed by atoms with Crippen LogP contribution in [0.15, 0.2) is 45.9 Å². The van der Waals surface area contributed by atoms with Gasteiger partial charge in [0, 0.05) is 21.5 Å². The van der Waals surface area contributed by atoms with Crippen molar-refractivity contribution in [3.63, 3.8) is 0 Å². The molecule has 4 aromatic rings. The first-order chi connectivity index (χ1) is 16.5. The lowest BCUT2D eigenvalue weighted by atomic mass is 10.1. The summed E-state index contributed by atoms with van der Waals surface area (Å²) in [6.45, 7) is 4.04. The van der Waals surface area contributed by atoms with E-state index in [-0.39, 0.29) is 18.0 Å². The lowest BCUT2D eigenvalue weighted by molar-refractivity contribution is -0.116. The van der Waals surface area contributed by atoms with Crippen LogP contribution in [0, 0.1) is 12.7 Å². The quantitative estimate of drug-likeness (QED) is 0.396. The second-order valence-electron chi connectivity index (χ2n) is 8.57. The van der Waals surface area contributed by atoms with Gasteiger partial charge in [-0.1, -0.05) is 18.6 Å². The van der Waals surface area contributed by atoms with Crippen molar-refractivity contribution >= 4 is 44.5 Å². The third-order valence-corrected chi connectivity index (χ3v) is 7.92. The Morgan fingerprint density at radius 2 is 2.00 bits per heavy atom. The van der Waals surface area contributed by atoms with Crippen molar-refractivity contribution in [3.05, 3.63) is 68.7 Å². The van der Waals surface area contributed by atoms with E-state index in [4.69, 9.17) is 4.98 Å². The van der Waals surface area contributed by atoms with Gasteiger partial charge in [0.25, 0.3) is 5.56 Å². The first-order valence-electron chi connectivity index (χ1n) is 11.3. The summed E-state index contributed by atoms with van der Waals surface area (Å²) < 4.78 is 15.2. The summed E-state index contributed by atoms with van der Waals surface area (Å²) in [6.07, 6.45) is 3.45. The molecule has 4 heterocycles. The normalized spacial score (nSPS) is 14.5. The largest absolute Gasteiger partial charge is 0.324 e.